The monoisotopic (exact) mass is 463 g/mol. The van der Waals surface area contributed by atoms with Crippen LogP contribution in [0.15, 0.2) is 60.7 Å². The van der Waals surface area contributed by atoms with Crippen LogP contribution in [-0.4, -0.2) is 18.8 Å². The van der Waals surface area contributed by atoms with Gasteiger partial charge in [-0.15, -0.1) is 0 Å². The number of nitrogens with zero attached hydrogens (tertiary/aromatic N) is 6. The summed E-state index contributed by atoms with van der Waals surface area (Å²) in [4.78, 5) is 8.93. The molecule has 4 heterocycles. The van der Waals surface area contributed by atoms with E-state index in [-0.39, 0.29) is 0 Å². The molecule has 4 aromatic heterocycles. The summed E-state index contributed by atoms with van der Waals surface area (Å²) in [6, 6.07) is 23.4. The zero-order valence-corrected chi connectivity index (χ0v) is 19.2. The van der Waals surface area contributed by atoms with Crippen LogP contribution in [0.5, 0.6) is 0 Å². The van der Waals surface area contributed by atoms with Crippen LogP contribution in [0.2, 0.25) is 5.15 Å². The van der Waals surface area contributed by atoms with Crippen molar-refractivity contribution in [1.82, 2.24) is 18.8 Å². The second-order valence-electron chi connectivity index (χ2n) is 7.89. The van der Waals surface area contributed by atoms with Crippen molar-refractivity contribution in [3.8, 4) is 12.1 Å². The van der Waals surface area contributed by atoms with E-state index in [1.807, 2.05) is 71.2 Å². The Kier molecular flexibility index (Phi) is 5.05. The molecule has 0 saturated heterocycles. The van der Waals surface area contributed by atoms with E-state index in [0.29, 0.717) is 33.4 Å². The van der Waals surface area contributed by atoms with E-state index in [9.17, 15) is 10.5 Å². The quantitative estimate of drug-likeness (QED) is 0.296. The number of para-hydroxylation sites is 4. The topological polar surface area (TPSA) is 108 Å². The van der Waals surface area contributed by atoms with Crippen molar-refractivity contribution < 1.29 is 0 Å². The van der Waals surface area contributed by atoms with E-state index < -0.39 is 0 Å². The lowest BCUT2D eigenvalue weighted by atomic mass is 10.1. The molecule has 0 aliphatic rings. The van der Waals surface area contributed by atoms with Gasteiger partial charge in [-0.1, -0.05) is 35.9 Å². The summed E-state index contributed by atoms with van der Waals surface area (Å²) in [6.45, 7) is 3.73. The van der Waals surface area contributed by atoms with Crippen LogP contribution in [-0.2, 0) is 0 Å². The number of hydrogen-bond acceptors (Lipinski definition) is 5. The molecule has 2 N–H and O–H groups in total. The number of nitriles is 2. The average molecular weight is 464 g/mol. The summed E-state index contributed by atoms with van der Waals surface area (Å²) >= 11 is 6.23. The second-order valence-corrected chi connectivity index (χ2v) is 8.28. The van der Waals surface area contributed by atoms with Crippen molar-refractivity contribution in [1.29, 1.82) is 10.5 Å². The average Bonchev–Trinajstić information content (AvgIpc) is 3.39. The standard InChI is InChI=1S/C13H8ClN3.C13H10N4/c1-8-6-12(14)17-11-5-3-2-4-10(11)16-13(17)9(8)7-15;1-8-6-12(15)17-11-5-3-2-4-10(11)16-13(17)9(8)7-14/h2-6H,1H3;2-6H,15H2,1H3. The van der Waals surface area contributed by atoms with Crippen LogP contribution >= 0.6 is 11.6 Å². The number of nitrogens with two attached hydrogens (primary N) is 1. The normalized spacial score (nSPS) is 10.9. The maximum absolute atomic E-state index is 9.19. The third-order valence-corrected chi connectivity index (χ3v) is 6.03. The SMILES string of the molecule is Cc1cc(Cl)n2c(nc3ccccc32)c1C#N.Cc1cc(N)n2c(nc3ccccc32)c1C#N. The maximum atomic E-state index is 9.19. The zero-order valence-electron chi connectivity index (χ0n) is 18.4. The van der Waals surface area contributed by atoms with Gasteiger partial charge in [0.15, 0.2) is 11.3 Å². The van der Waals surface area contributed by atoms with Gasteiger partial charge in [0.2, 0.25) is 0 Å². The van der Waals surface area contributed by atoms with Gasteiger partial charge in [-0.05, 0) is 61.4 Å². The van der Waals surface area contributed by atoms with Crippen molar-refractivity contribution >= 4 is 50.8 Å². The lowest BCUT2D eigenvalue weighted by Gasteiger charge is -2.05. The van der Waals surface area contributed by atoms with E-state index in [2.05, 4.69) is 22.1 Å². The van der Waals surface area contributed by atoms with Crippen molar-refractivity contribution in [3.05, 3.63) is 88.1 Å². The molecule has 0 aliphatic heterocycles. The summed E-state index contributed by atoms with van der Waals surface area (Å²) < 4.78 is 3.63. The molecule has 0 fully saturated rings. The number of fused-ring (bicyclic) bond motifs is 6. The molecule has 8 heteroatoms. The second kappa shape index (κ2) is 8.08. The molecule has 2 aromatic carbocycles. The van der Waals surface area contributed by atoms with Gasteiger partial charge in [-0.3, -0.25) is 8.80 Å². The maximum Gasteiger partial charge on any atom is 0.157 e. The predicted octanol–water partition coefficient (Wildman–Crippen LogP) is 5.57. The van der Waals surface area contributed by atoms with Gasteiger partial charge < -0.3 is 5.73 Å². The molecule has 7 nitrogen and oxygen atoms in total. The number of benzene rings is 2. The third-order valence-electron chi connectivity index (χ3n) is 5.75. The largest absolute Gasteiger partial charge is 0.385 e. The zero-order chi connectivity index (χ0) is 24.0. The molecule has 0 spiro atoms. The molecule has 0 saturated carbocycles. The first-order valence-electron chi connectivity index (χ1n) is 10.5. The number of imidazole rings is 2. The lowest BCUT2D eigenvalue weighted by molar-refractivity contribution is 1.19. The van der Waals surface area contributed by atoms with Crippen LogP contribution in [0.1, 0.15) is 22.3 Å². The number of rotatable bonds is 0. The Morgan fingerprint density at radius 2 is 1.24 bits per heavy atom. The minimum atomic E-state index is 0.574. The summed E-state index contributed by atoms with van der Waals surface area (Å²) in [5.74, 6) is 0.602. The summed E-state index contributed by atoms with van der Waals surface area (Å²) in [5.41, 5.74) is 13.7. The van der Waals surface area contributed by atoms with Crippen LogP contribution in [0.4, 0.5) is 5.82 Å². The number of halogens is 1. The Balaban J connectivity index is 0.000000142. The van der Waals surface area contributed by atoms with Gasteiger partial charge in [0.25, 0.3) is 0 Å². The molecular weight excluding hydrogens is 446 g/mol. The predicted molar refractivity (Wildman–Crippen MR) is 134 cm³/mol. The minimum Gasteiger partial charge on any atom is -0.385 e. The molecule has 0 aliphatic carbocycles. The highest BCUT2D eigenvalue weighted by Gasteiger charge is 2.14. The molecular formula is C26H18ClN7. The van der Waals surface area contributed by atoms with Crippen LogP contribution in [0, 0.1) is 36.5 Å². The Bertz CT molecular complexity index is 1690. The fourth-order valence-electron chi connectivity index (χ4n) is 4.17. The van der Waals surface area contributed by atoms with Crippen LogP contribution < -0.4 is 5.73 Å². The van der Waals surface area contributed by atoms with E-state index in [4.69, 9.17) is 17.3 Å². The Labute approximate surface area is 199 Å². The third kappa shape index (κ3) is 3.19. The highest BCUT2D eigenvalue weighted by molar-refractivity contribution is 6.30. The summed E-state index contributed by atoms with van der Waals surface area (Å²) in [6.07, 6.45) is 0. The minimum absolute atomic E-state index is 0.574. The first-order chi connectivity index (χ1) is 16.4. The van der Waals surface area contributed by atoms with Crippen molar-refractivity contribution in [2.45, 2.75) is 13.8 Å². The van der Waals surface area contributed by atoms with Gasteiger partial charge in [0, 0.05) is 0 Å². The number of pyridine rings is 2. The van der Waals surface area contributed by atoms with Crippen molar-refractivity contribution in [2.24, 2.45) is 0 Å². The van der Waals surface area contributed by atoms with Gasteiger partial charge in [-0.2, -0.15) is 10.5 Å². The number of anilines is 1. The first kappa shape index (κ1) is 21.3. The molecule has 164 valence electrons. The number of aryl methyl sites for hydroxylation is 2. The van der Waals surface area contributed by atoms with E-state index in [1.165, 1.54) is 0 Å². The highest BCUT2D eigenvalue weighted by atomic mass is 35.5. The van der Waals surface area contributed by atoms with Crippen LogP contribution in [0.3, 0.4) is 0 Å². The molecule has 0 unspecified atom stereocenters. The van der Waals surface area contributed by atoms with E-state index in [0.717, 1.165) is 33.2 Å². The van der Waals surface area contributed by atoms with Gasteiger partial charge in [0.05, 0.1) is 33.2 Å². The number of nitrogen functional groups attached to an aromatic ring is 1. The molecule has 34 heavy (non-hydrogen) atoms. The molecule has 0 radical (unpaired) electrons. The lowest BCUT2D eigenvalue weighted by Crippen LogP contribution is -2.00. The summed E-state index contributed by atoms with van der Waals surface area (Å²) in [5, 5.41) is 18.9. The van der Waals surface area contributed by atoms with Crippen molar-refractivity contribution in [2.75, 3.05) is 5.73 Å². The molecule has 6 aromatic rings. The number of hydrogen-bond donors (Lipinski definition) is 1. The first-order valence-corrected chi connectivity index (χ1v) is 10.8. The molecule has 0 bridgehead atoms. The molecule has 0 amide bonds. The smallest absolute Gasteiger partial charge is 0.157 e. The Morgan fingerprint density at radius 1 is 0.765 bits per heavy atom. The molecule has 6 rings (SSSR count). The van der Waals surface area contributed by atoms with Gasteiger partial charge in [-0.25, -0.2) is 9.97 Å². The fraction of sp³-hybridized carbons (Fsp3) is 0.0769. The molecule has 0 atom stereocenters. The van der Waals surface area contributed by atoms with Gasteiger partial charge in [0.1, 0.15) is 23.1 Å². The Morgan fingerprint density at radius 3 is 1.79 bits per heavy atom. The fourth-order valence-corrected chi connectivity index (χ4v) is 4.50. The van der Waals surface area contributed by atoms with Crippen molar-refractivity contribution in [3.63, 3.8) is 0 Å². The van der Waals surface area contributed by atoms with Gasteiger partial charge >= 0.3 is 0 Å². The Hall–Kier alpha value is -4.59. The van der Waals surface area contributed by atoms with E-state index >= 15 is 0 Å². The van der Waals surface area contributed by atoms with Crippen LogP contribution in [0.25, 0.3) is 33.4 Å². The highest BCUT2D eigenvalue weighted by Crippen LogP contribution is 2.26. The van der Waals surface area contributed by atoms with E-state index in [1.54, 1.807) is 12.1 Å². The number of aromatic nitrogens is 4. The summed E-state index contributed by atoms with van der Waals surface area (Å²) in [7, 11) is 0.